The Hall–Kier alpha value is -0.660. The van der Waals surface area contributed by atoms with Gasteiger partial charge < -0.3 is 10.1 Å². The lowest BCUT2D eigenvalue weighted by Gasteiger charge is -2.14. The third kappa shape index (κ3) is 11.8. The van der Waals surface area contributed by atoms with Crippen molar-refractivity contribution < 1.29 is 22.1 Å². The third-order valence-electron chi connectivity index (χ3n) is 2.05. The van der Waals surface area contributed by atoms with E-state index in [-0.39, 0.29) is 18.2 Å². The van der Waals surface area contributed by atoms with Gasteiger partial charge in [0.2, 0.25) is 0 Å². The quantitative estimate of drug-likeness (QED) is 0.602. The summed E-state index contributed by atoms with van der Waals surface area (Å²) < 4.78 is 30.2. The fraction of sp³-hybridized carbons (Fsp3) is 0.909. The minimum atomic E-state index is -3.25. The van der Waals surface area contributed by atoms with E-state index < -0.39 is 10.1 Å². The van der Waals surface area contributed by atoms with Gasteiger partial charge in [-0.25, -0.2) is 0 Å². The van der Waals surface area contributed by atoms with Gasteiger partial charge in [0.05, 0.1) is 12.9 Å². The predicted molar refractivity (Wildman–Crippen MR) is 68.7 cm³/mol. The van der Waals surface area contributed by atoms with Crippen LogP contribution in [0.4, 0.5) is 0 Å². The molecular formula is C11H23NO5S. The first-order valence-corrected chi connectivity index (χ1v) is 7.65. The minimum absolute atomic E-state index is 0.227. The van der Waals surface area contributed by atoms with Gasteiger partial charge in [-0.05, 0) is 40.2 Å². The first kappa shape index (κ1) is 17.3. The molecule has 0 aliphatic carbocycles. The summed E-state index contributed by atoms with van der Waals surface area (Å²) in [5.74, 6) is 0. The summed E-state index contributed by atoms with van der Waals surface area (Å²) in [6.45, 7) is 7.17. The van der Waals surface area contributed by atoms with E-state index in [9.17, 15) is 13.2 Å². The molecule has 0 saturated carbocycles. The van der Waals surface area contributed by atoms with Gasteiger partial charge >= 0.3 is 0 Å². The number of carbonyl (C=O) groups is 1. The number of ether oxygens (including phenoxy) is 1. The molecule has 0 spiro atoms. The zero-order valence-electron chi connectivity index (χ0n) is 11.4. The monoisotopic (exact) mass is 281 g/mol. The third-order valence-corrected chi connectivity index (χ3v) is 2.61. The van der Waals surface area contributed by atoms with E-state index in [1.807, 2.05) is 20.8 Å². The average Bonchev–Trinajstić information content (AvgIpc) is 2.64. The normalized spacial score (nSPS) is 19.9. The van der Waals surface area contributed by atoms with Gasteiger partial charge in [-0.2, -0.15) is 8.42 Å². The van der Waals surface area contributed by atoms with Crippen molar-refractivity contribution in [2.45, 2.75) is 45.3 Å². The zero-order chi connectivity index (χ0) is 14.2. The standard InChI is InChI=1S/C6H13NO3S.C5H10O2/c1-11(8,9)10-5-6-3-2-4-7-6;1-5(2,3)7-4-6/h6-7H,2-5H2,1H3;4H,1-3H3/t6-;/m0./s1. The number of nitrogens with one attached hydrogen (secondary N) is 1. The Morgan fingerprint density at radius 2 is 2.00 bits per heavy atom. The molecule has 1 fully saturated rings. The van der Waals surface area contributed by atoms with E-state index >= 15 is 0 Å². The molecule has 18 heavy (non-hydrogen) atoms. The van der Waals surface area contributed by atoms with Gasteiger partial charge in [-0.1, -0.05) is 0 Å². The molecule has 6 nitrogen and oxygen atoms in total. The van der Waals surface area contributed by atoms with Crippen molar-refractivity contribution in [2.24, 2.45) is 0 Å². The second-order valence-corrected chi connectivity index (χ2v) is 6.75. The van der Waals surface area contributed by atoms with Gasteiger partial charge in [-0.3, -0.25) is 8.98 Å². The molecule has 0 amide bonds. The molecule has 0 bridgehead atoms. The maximum atomic E-state index is 10.5. The molecule has 1 saturated heterocycles. The van der Waals surface area contributed by atoms with Crippen LogP contribution in [0.15, 0.2) is 0 Å². The van der Waals surface area contributed by atoms with Gasteiger partial charge in [0.25, 0.3) is 16.6 Å². The van der Waals surface area contributed by atoms with E-state index in [0.29, 0.717) is 6.47 Å². The Labute approximate surface area is 109 Å². The van der Waals surface area contributed by atoms with Crippen LogP contribution in [0.3, 0.4) is 0 Å². The van der Waals surface area contributed by atoms with Crippen LogP contribution in [-0.2, 0) is 23.8 Å². The highest BCUT2D eigenvalue weighted by Gasteiger charge is 2.15. The van der Waals surface area contributed by atoms with Crippen LogP contribution in [0.5, 0.6) is 0 Å². The summed E-state index contributed by atoms with van der Waals surface area (Å²) in [7, 11) is -3.25. The highest BCUT2D eigenvalue weighted by molar-refractivity contribution is 7.85. The van der Waals surface area contributed by atoms with Crippen molar-refractivity contribution in [3.8, 4) is 0 Å². The predicted octanol–water partition coefficient (Wildman–Crippen LogP) is 0.673. The number of hydrogen-bond donors (Lipinski definition) is 1. The number of rotatable bonds is 4. The molecule has 1 rings (SSSR count). The second kappa shape index (κ2) is 7.70. The van der Waals surface area contributed by atoms with Crippen molar-refractivity contribution >= 4 is 16.6 Å². The molecule has 0 radical (unpaired) electrons. The topological polar surface area (TPSA) is 81.7 Å². The lowest BCUT2D eigenvalue weighted by molar-refractivity contribution is -0.138. The van der Waals surface area contributed by atoms with E-state index in [2.05, 4.69) is 14.2 Å². The second-order valence-electron chi connectivity index (χ2n) is 5.11. The van der Waals surface area contributed by atoms with E-state index in [4.69, 9.17) is 0 Å². The summed E-state index contributed by atoms with van der Waals surface area (Å²) in [4.78, 5) is 9.60. The molecule has 0 unspecified atom stereocenters. The smallest absolute Gasteiger partial charge is 0.293 e. The van der Waals surface area contributed by atoms with E-state index in [1.54, 1.807) is 0 Å². The molecule has 1 heterocycles. The van der Waals surface area contributed by atoms with Crippen LogP contribution in [0, 0.1) is 0 Å². The van der Waals surface area contributed by atoms with Crippen molar-refractivity contribution in [1.82, 2.24) is 5.32 Å². The molecule has 0 aromatic carbocycles. The van der Waals surface area contributed by atoms with E-state index in [0.717, 1.165) is 25.6 Å². The SMILES string of the molecule is CC(C)(C)OC=O.CS(=O)(=O)OC[C@@H]1CCCN1. The van der Waals surface area contributed by atoms with Crippen LogP contribution in [0.2, 0.25) is 0 Å². The van der Waals surface area contributed by atoms with Crippen LogP contribution in [-0.4, -0.2) is 45.9 Å². The summed E-state index contributed by atoms with van der Waals surface area (Å²) in [5, 5.41) is 3.14. The first-order chi connectivity index (χ1) is 8.14. The fourth-order valence-corrected chi connectivity index (χ4v) is 1.66. The van der Waals surface area contributed by atoms with Crippen molar-refractivity contribution in [3.63, 3.8) is 0 Å². The molecule has 0 aromatic rings. The van der Waals surface area contributed by atoms with Crippen molar-refractivity contribution in [1.29, 1.82) is 0 Å². The summed E-state index contributed by atoms with van der Waals surface area (Å²) >= 11 is 0. The minimum Gasteiger partial charge on any atom is -0.462 e. The summed E-state index contributed by atoms with van der Waals surface area (Å²) in [6.07, 6.45) is 3.19. The molecule has 0 aromatic heterocycles. The summed E-state index contributed by atoms with van der Waals surface area (Å²) in [5.41, 5.74) is -0.318. The lowest BCUT2D eigenvalue weighted by Crippen LogP contribution is -2.27. The Morgan fingerprint density at radius 1 is 1.39 bits per heavy atom. The maximum Gasteiger partial charge on any atom is 0.293 e. The Kier molecular flexibility index (Phi) is 7.42. The van der Waals surface area contributed by atoms with Crippen molar-refractivity contribution in [2.75, 3.05) is 19.4 Å². The molecular weight excluding hydrogens is 258 g/mol. The van der Waals surface area contributed by atoms with Gasteiger partial charge in [0.15, 0.2) is 0 Å². The Morgan fingerprint density at radius 3 is 2.28 bits per heavy atom. The molecule has 1 N–H and O–H groups in total. The molecule has 1 aliphatic heterocycles. The van der Waals surface area contributed by atoms with Gasteiger partial charge in [0, 0.05) is 6.04 Å². The fourth-order valence-electron chi connectivity index (χ4n) is 1.25. The number of hydrogen-bond acceptors (Lipinski definition) is 6. The first-order valence-electron chi connectivity index (χ1n) is 5.83. The zero-order valence-corrected chi connectivity index (χ0v) is 12.2. The number of carbonyl (C=O) groups excluding carboxylic acids is 1. The summed E-state index contributed by atoms with van der Waals surface area (Å²) in [6, 6.07) is 0.227. The molecule has 1 aliphatic rings. The van der Waals surface area contributed by atoms with Crippen LogP contribution in [0.25, 0.3) is 0 Å². The average molecular weight is 281 g/mol. The maximum absolute atomic E-state index is 10.5. The lowest BCUT2D eigenvalue weighted by atomic mass is 10.2. The highest BCUT2D eigenvalue weighted by atomic mass is 32.2. The Balaban J connectivity index is 0.000000360. The molecule has 1 atom stereocenters. The van der Waals surface area contributed by atoms with Gasteiger partial charge in [0.1, 0.15) is 5.60 Å². The molecule has 7 heteroatoms. The van der Waals surface area contributed by atoms with E-state index in [1.165, 1.54) is 0 Å². The van der Waals surface area contributed by atoms with Crippen LogP contribution in [0.1, 0.15) is 33.6 Å². The van der Waals surface area contributed by atoms with Crippen LogP contribution < -0.4 is 5.32 Å². The van der Waals surface area contributed by atoms with Gasteiger partial charge in [-0.15, -0.1) is 0 Å². The molecule has 108 valence electrons. The Bertz CT molecular complexity index is 328. The largest absolute Gasteiger partial charge is 0.462 e. The highest BCUT2D eigenvalue weighted by Crippen LogP contribution is 2.05. The van der Waals surface area contributed by atoms with Crippen molar-refractivity contribution in [3.05, 3.63) is 0 Å². The van der Waals surface area contributed by atoms with Crippen LogP contribution >= 0.6 is 0 Å².